The molecule has 4 heteroatoms. The molecule has 0 heterocycles. The van der Waals surface area contributed by atoms with E-state index < -0.39 is 0 Å². The Bertz CT molecular complexity index is 1010. The Balaban J connectivity index is 1.80. The molecule has 0 amide bonds. The summed E-state index contributed by atoms with van der Waals surface area (Å²) in [5.74, 6) is 0.254. The Morgan fingerprint density at radius 2 is 1.68 bits per heavy atom. The zero-order valence-electron chi connectivity index (χ0n) is 18.0. The second-order valence-electron chi connectivity index (χ2n) is 7.42. The summed E-state index contributed by atoms with van der Waals surface area (Å²) in [6.45, 7) is 4.15. The van der Waals surface area contributed by atoms with E-state index in [9.17, 15) is 9.59 Å². The van der Waals surface area contributed by atoms with E-state index >= 15 is 0 Å². The van der Waals surface area contributed by atoms with Crippen molar-refractivity contribution in [3.63, 3.8) is 0 Å². The van der Waals surface area contributed by atoms with Crippen LogP contribution in [0.4, 0.5) is 0 Å². The van der Waals surface area contributed by atoms with E-state index in [1.807, 2.05) is 73.7 Å². The lowest BCUT2D eigenvalue weighted by molar-refractivity contribution is -0.143. The molecule has 160 valence electrons. The van der Waals surface area contributed by atoms with Gasteiger partial charge in [-0.3, -0.25) is 9.59 Å². The Labute approximate surface area is 188 Å². The normalized spacial score (nSPS) is 11.7. The van der Waals surface area contributed by atoms with Crippen molar-refractivity contribution in [2.24, 2.45) is 0 Å². The quantitative estimate of drug-likeness (QED) is 0.206. The minimum absolute atomic E-state index is 0.0424. The lowest BCUT2D eigenvalue weighted by atomic mass is 9.85. The molecule has 3 aromatic carbocycles. The van der Waals surface area contributed by atoms with E-state index in [2.05, 4.69) is 12.1 Å². The van der Waals surface area contributed by atoms with Gasteiger partial charge in [-0.2, -0.15) is 0 Å². The number of ether oxygens (including phenoxy) is 1. The third-order valence-corrected chi connectivity index (χ3v) is 6.25. The van der Waals surface area contributed by atoms with Gasteiger partial charge >= 0.3 is 5.97 Å². The molecule has 0 fully saturated rings. The van der Waals surface area contributed by atoms with Gasteiger partial charge in [0.1, 0.15) is 0 Å². The summed E-state index contributed by atoms with van der Waals surface area (Å²) in [7, 11) is 0. The van der Waals surface area contributed by atoms with Crippen molar-refractivity contribution < 1.29 is 14.3 Å². The topological polar surface area (TPSA) is 43.4 Å². The average molecular weight is 433 g/mol. The number of thioether (sulfide) groups is 1. The largest absolute Gasteiger partial charge is 0.466 e. The zero-order chi connectivity index (χ0) is 22.1. The minimum Gasteiger partial charge on any atom is -0.466 e. The van der Waals surface area contributed by atoms with Crippen molar-refractivity contribution in [3.8, 4) is 0 Å². The molecule has 3 rings (SSSR count). The number of ketones is 1. The van der Waals surface area contributed by atoms with E-state index in [0.717, 1.165) is 21.8 Å². The highest BCUT2D eigenvalue weighted by Gasteiger charge is 2.24. The molecule has 0 spiro atoms. The Kier molecular flexibility index (Phi) is 8.48. The molecule has 31 heavy (non-hydrogen) atoms. The maximum absolute atomic E-state index is 13.5. The van der Waals surface area contributed by atoms with E-state index in [0.29, 0.717) is 18.6 Å². The summed E-state index contributed by atoms with van der Waals surface area (Å²) in [4.78, 5) is 26.6. The van der Waals surface area contributed by atoms with Crippen LogP contribution in [0.1, 0.15) is 52.7 Å². The third-order valence-electron chi connectivity index (χ3n) is 5.19. The van der Waals surface area contributed by atoms with Crippen molar-refractivity contribution in [2.45, 2.75) is 43.3 Å². The van der Waals surface area contributed by atoms with E-state index in [4.69, 9.17) is 4.74 Å². The van der Waals surface area contributed by atoms with Crippen molar-refractivity contribution in [2.75, 3.05) is 6.61 Å². The maximum Gasteiger partial charge on any atom is 0.305 e. The van der Waals surface area contributed by atoms with Crippen molar-refractivity contribution in [1.29, 1.82) is 0 Å². The zero-order valence-corrected chi connectivity index (χ0v) is 18.9. The first-order valence-electron chi connectivity index (χ1n) is 10.6. The standard InChI is InChI=1S/C27H28O3S/c1-3-30-26(28)17-16-25(24-15-8-7-10-20(24)2)27(29)22-13-9-14-23(18-22)31-19-21-11-5-4-6-12-21/h4-15,18,25H,3,16-17,19H2,1-2H3. The summed E-state index contributed by atoms with van der Waals surface area (Å²) < 4.78 is 5.08. The molecule has 0 saturated carbocycles. The van der Waals surface area contributed by atoms with Crippen LogP contribution in [0.2, 0.25) is 0 Å². The second kappa shape index (κ2) is 11.5. The molecule has 0 N–H and O–H groups in total. The van der Waals surface area contributed by atoms with E-state index in [1.54, 1.807) is 18.7 Å². The van der Waals surface area contributed by atoms with Crippen LogP contribution in [0.5, 0.6) is 0 Å². The fraction of sp³-hybridized carbons (Fsp3) is 0.259. The lowest BCUT2D eigenvalue weighted by Gasteiger charge is -2.19. The van der Waals surface area contributed by atoms with Crippen LogP contribution < -0.4 is 0 Å². The van der Waals surface area contributed by atoms with Gasteiger partial charge in [0.25, 0.3) is 0 Å². The Morgan fingerprint density at radius 3 is 2.42 bits per heavy atom. The van der Waals surface area contributed by atoms with Crippen molar-refractivity contribution in [1.82, 2.24) is 0 Å². The molecule has 1 unspecified atom stereocenters. The van der Waals surface area contributed by atoms with Crippen LogP contribution in [-0.2, 0) is 15.3 Å². The predicted octanol–water partition coefficient (Wildman–Crippen LogP) is 6.60. The lowest BCUT2D eigenvalue weighted by Crippen LogP contribution is -2.16. The molecule has 0 aromatic heterocycles. The van der Waals surface area contributed by atoms with Crippen LogP contribution in [0, 0.1) is 6.92 Å². The first-order valence-corrected chi connectivity index (χ1v) is 11.6. The number of carbonyl (C=O) groups is 2. The van der Waals surface area contributed by atoms with Gasteiger partial charge in [0, 0.05) is 28.6 Å². The number of aryl methyl sites for hydroxylation is 1. The Morgan fingerprint density at radius 1 is 0.935 bits per heavy atom. The van der Waals surface area contributed by atoms with Gasteiger partial charge in [-0.05, 0) is 49.1 Å². The minimum atomic E-state index is -0.375. The number of carbonyl (C=O) groups excluding carboxylic acids is 2. The van der Waals surface area contributed by atoms with Crippen LogP contribution >= 0.6 is 11.8 Å². The van der Waals surface area contributed by atoms with Gasteiger partial charge < -0.3 is 4.74 Å². The molecule has 0 aliphatic rings. The fourth-order valence-electron chi connectivity index (χ4n) is 3.58. The van der Waals surface area contributed by atoms with Gasteiger partial charge in [0.05, 0.1) is 6.61 Å². The number of rotatable bonds is 10. The molecule has 0 aliphatic carbocycles. The molecular weight excluding hydrogens is 404 g/mol. The number of esters is 1. The highest BCUT2D eigenvalue weighted by atomic mass is 32.2. The molecule has 0 saturated heterocycles. The summed E-state index contributed by atoms with van der Waals surface area (Å²) in [6.07, 6.45) is 0.658. The SMILES string of the molecule is CCOC(=O)CCC(C(=O)c1cccc(SCc2ccccc2)c1)c1ccccc1C. The summed E-state index contributed by atoms with van der Waals surface area (Å²) >= 11 is 1.71. The fourth-order valence-corrected chi connectivity index (χ4v) is 4.49. The van der Waals surface area contributed by atoms with Gasteiger partial charge in [0.15, 0.2) is 5.78 Å². The molecule has 3 aromatic rings. The first kappa shape index (κ1) is 22.8. The van der Waals surface area contributed by atoms with Gasteiger partial charge in [-0.1, -0.05) is 66.7 Å². The number of hydrogen-bond acceptors (Lipinski definition) is 4. The molecule has 0 bridgehead atoms. The van der Waals surface area contributed by atoms with E-state index in [1.165, 1.54) is 5.56 Å². The summed E-state index contributed by atoms with van der Waals surface area (Å²) in [6, 6.07) is 26.0. The first-order chi connectivity index (χ1) is 15.1. The molecule has 1 atom stereocenters. The van der Waals surface area contributed by atoms with Crippen LogP contribution in [-0.4, -0.2) is 18.4 Å². The Hall–Kier alpha value is -2.85. The molecular formula is C27H28O3S. The van der Waals surface area contributed by atoms with Gasteiger partial charge in [-0.15, -0.1) is 11.8 Å². The second-order valence-corrected chi connectivity index (χ2v) is 8.47. The molecule has 0 radical (unpaired) electrons. The highest BCUT2D eigenvalue weighted by Crippen LogP contribution is 2.30. The average Bonchev–Trinajstić information content (AvgIpc) is 2.80. The van der Waals surface area contributed by atoms with Gasteiger partial charge in [-0.25, -0.2) is 0 Å². The number of benzene rings is 3. The van der Waals surface area contributed by atoms with Crippen molar-refractivity contribution in [3.05, 3.63) is 101 Å². The number of Topliss-reactive ketones (excluding diaryl/α,β-unsaturated/α-hetero) is 1. The smallest absolute Gasteiger partial charge is 0.305 e. The molecule has 3 nitrogen and oxygen atoms in total. The summed E-state index contributed by atoms with van der Waals surface area (Å²) in [5.41, 5.74) is 3.95. The van der Waals surface area contributed by atoms with Crippen molar-refractivity contribution >= 4 is 23.5 Å². The van der Waals surface area contributed by atoms with Crippen LogP contribution in [0.15, 0.2) is 83.8 Å². The van der Waals surface area contributed by atoms with E-state index in [-0.39, 0.29) is 24.1 Å². The maximum atomic E-state index is 13.5. The third kappa shape index (κ3) is 6.56. The molecule has 0 aliphatic heterocycles. The summed E-state index contributed by atoms with van der Waals surface area (Å²) in [5, 5.41) is 0. The van der Waals surface area contributed by atoms with Gasteiger partial charge in [0.2, 0.25) is 0 Å². The monoisotopic (exact) mass is 432 g/mol. The predicted molar refractivity (Wildman–Crippen MR) is 127 cm³/mol. The van der Waals surface area contributed by atoms with Crippen LogP contribution in [0.25, 0.3) is 0 Å². The van der Waals surface area contributed by atoms with Crippen LogP contribution in [0.3, 0.4) is 0 Å². The number of hydrogen-bond donors (Lipinski definition) is 0. The highest BCUT2D eigenvalue weighted by molar-refractivity contribution is 7.98.